The van der Waals surface area contributed by atoms with Gasteiger partial charge in [-0.2, -0.15) is 5.26 Å². The fourth-order valence-electron chi connectivity index (χ4n) is 2.78. The third-order valence-electron chi connectivity index (χ3n) is 4.30. The van der Waals surface area contributed by atoms with E-state index in [4.69, 9.17) is 23.2 Å². The molecule has 0 aromatic heterocycles. The molecule has 0 atom stereocenters. The van der Waals surface area contributed by atoms with Gasteiger partial charge in [-0.05, 0) is 78.9 Å². The molecule has 0 saturated heterocycles. The van der Waals surface area contributed by atoms with Crippen molar-refractivity contribution < 1.29 is 4.79 Å². The number of rotatable bonds is 6. The van der Waals surface area contributed by atoms with Crippen LogP contribution in [0.4, 0.5) is 0 Å². The van der Waals surface area contributed by atoms with Crippen molar-refractivity contribution in [2.24, 2.45) is 0 Å². The summed E-state index contributed by atoms with van der Waals surface area (Å²) >= 11 is 12.3. The molecule has 0 aliphatic carbocycles. The van der Waals surface area contributed by atoms with Gasteiger partial charge in [0.05, 0.1) is 11.6 Å². The third-order valence-corrected chi connectivity index (χ3v) is 4.73. The van der Waals surface area contributed by atoms with Gasteiger partial charge in [-0.1, -0.05) is 36.5 Å². The number of halogens is 2. The minimum Gasteiger partial charge on any atom is -0.352 e. The molecule has 1 amide bonds. The van der Waals surface area contributed by atoms with Gasteiger partial charge >= 0.3 is 0 Å². The summed E-state index contributed by atoms with van der Waals surface area (Å²) in [4.78, 5) is 12.3. The van der Waals surface area contributed by atoms with Gasteiger partial charge in [0.2, 0.25) is 5.91 Å². The second-order valence-corrected chi connectivity index (χ2v) is 7.32. The molecule has 0 unspecified atom stereocenters. The Morgan fingerprint density at radius 2 is 1.85 bits per heavy atom. The van der Waals surface area contributed by atoms with Crippen LogP contribution < -0.4 is 5.32 Å². The number of benzene rings is 2. The van der Waals surface area contributed by atoms with Gasteiger partial charge < -0.3 is 5.32 Å². The molecule has 140 valence electrons. The number of hydrogen-bond acceptors (Lipinski definition) is 2. The molecule has 27 heavy (non-hydrogen) atoms. The van der Waals surface area contributed by atoms with E-state index in [1.807, 2.05) is 31.2 Å². The Bertz CT molecular complexity index is 906. The lowest BCUT2D eigenvalue weighted by atomic mass is 9.93. The average Bonchev–Trinajstić information content (AvgIpc) is 2.62. The van der Waals surface area contributed by atoms with Crippen molar-refractivity contribution in [1.82, 2.24) is 5.32 Å². The molecule has 0 heterocycles. The first kappa shape index (κ1) is 21.0. The minimum absolute atomic E-state index is 0.0995. The molecule has 0 fully saturated rings. The molecular weight excluding hydrogens is 379 g/mol. The highest BCUT2D eigenvalue weighted by Crippen LogP contribution is 2.32. The Hall–Kier alpha value is -2.28. The van der Waals surface area contributed by atoms with Crippen LogP contribution in [0, 0.1) is 18.3 Å². The number of nitrogens with zero attached hydrogens (tertiary/aromatic N) is 1. The minimum atomic E-state index is -0.0995. The molecule has 3 nitrogen and oxygen atoms in total. The number of hydrogen-bond donors (Lipinski definition) is 1. The van der Waals surface area contributed by atoms with E-state index in [1.165, 1.54) is 0 Å². The highest BCUT2D eigenvalue weighted by atomic mass is 35.5. The fraction of sp³-hybridized carbons (Fsp3) is 0.273. The van der Waals surface area contributed by atoms with Gasteiger partial charge in [-0.15, -0.1) is 0 Å². The van der Waals surface area contributed by atoms with Crippen molar-refractivity contribution in [2.75, 3.05) is 6.54 Å². The number of carbonyl (C=O) groups is 1. The summed E-state index contributed by atoms with van der Waals surface area (Å²) in [5, 5.41) is 13.4. The molecule has 0 spiro atoms. The van der Waals surface area contributed by atoms with Crippen molar-refractivity contribution in [2.45, 2.75) is 33.6 Å². The van der Waals surface area contributed by atoms with E-state index >= 15 is 0 Å². The molecule has 2 rings (SSSR count). The average molecular weight is 401 g/mol. The van der Waals surface area contributed by atoms with Crippen LogP contribution in [0.3, 0.4) is 0 Å². The van der Waals surface area contributed by atoms with Crippen molar-refractivity contribution in [3.05, 3.63) is 62.6 Å². The van der Waals surface area contributed by atoms with E-state index in [0.717, 1.165) is 35.1 Å². The largest absolute Gasteiger partial charge is 0.352 e. The monoisotopic (exact) mass is 400 g/mol. The van der Waals surface area contributed by atoms with E-state index in [0.29, 0.717) is 27.7 Å². The zero-order valence-electron chi connectivity index (χ0n) is 15.7. The molecular formula is C22H22Cl2N2O. The van der Waals surface area contributed by atoms with Gasteiger partial charge in [-0.3, -0.25) is 4.79 Å². The lowest BCUT2D eigenvalue weighted by Gasteiger charge is -2.12. The summed E-state index contributed by atoms with van der Waals surface area (Å²) in [5.74, 6) is -0.0995. The molecule has 2 aromatic carbocycles. The topological polar surface area (TPSA) is 52.9 Å². The van der Waals surface area contributed by atoms with Crippen LogP contribution in [0.1, 0.15) is 43.4 Å². The van der Waals surface area contributed by atoms with Gasteiger partial charge in [0, 0.05) is 22.2 Å². The standard InChI is InChI=1S/C22H22Cl2N2O/c1-4-5-6-26-22(27)14(2)7-17-8-16(13-25)9-21(15(17)3)18-10-19(23)12-20(24)11-18/h7-12H,4-6H2,1-3H3,(H,26,27)/b14-7+. The van der Waals surface area contributed by atoms with Crippen molar-refractivity contribution >= 4 is 35.2 Å². The van der Waals surface area contributed by atoms with Crippen LogP contribution >= 0.6 is 23.2 Å². The van der Waals surface area contributed by atoms with E-state index in [-0.39, 0.29) is 5.91 Å². The normalized spacial score (nSPS) is 11.2. The van der Waals surface area contributed by atoms with Crippen LogP contribution in [-0.4, -0.2) is 12.5 Å². The molecule has 2 aromatic rings. The van der Waals surface area contributed by atoms with E-state index in [9.17, 15) is 10.1 Å². The Kier molecular flexibility index (Phi) is 7.47. The molecule has 0 saturated carbocycles. The number of nitriles is 1. The first-order chi connectivity index (χ1) is 12.8. The van der Waals surface area contributed by atoms with E-state index in [2.05, 4.69) is 18.3 Å². The lowest BCUT2D eigenvalue weighted by Crippen LogP contribution is -2.24. The summed E-state index contributed by atoms with van der Waals surface area (Å²) in [7, 11) is 0. The summed E-state index contributed by atoms with van der Waals surface area (Å²) in [6.07, 6.45) is 3.78. The van der Waals surface area contributed by atoms with Gasteiger partial charge in [0.15, 0.2) is 0 Å². The third kappa shape index (κ3) is 5.60. The van der Waals surface area contributed by atoms with E-state index < -0.39 is 0 Å². The first-order valence-corrected chi connectivity index (χ1v) is 9.59. The van der Waals surface area contributed by atoms with Crippen LogP contribution in [0.5, 0.6) is 0 Å². The highest BCUT2D eigenvalue weighted by Gasteiger charge is 2.11. The van der Waals surface area contributed by atoms with Gasteiger partial charge in [-0.25, -0.2) is 0 Å². The van der Waals surface area contributed by atoms with Crippen LogP contribution in [0.25, 0.3) is 17.2 Å². The number of carbonyl (C=O) groups excluding carboxylic acids is 1. The predicted octanol–water partition coefficient (Wildman–Crippen LogP) is 6.16. The van der Waals surface area contributed by atoms with Gasteiger partial charge in [0.25, 0.3) is 0 Å². The van der Waals surface area contributed by atoms with Crippen LogP contribution in [-0.2, 0) is 4.79 Å². The Morgan fingerprint density at radius 3 is 2.44 bits per heavy atom. The molecule has 5 heteroatoms. The maximum atomic E-state index is 12.3. The molecule has 0 aliphatic heterocycles. The summed E-state index contributed by atoms with van der Waals surface area (Å²) in [5.41, 5.74) is 4.58. The number of nitrogens with one attached hydrogen (secondary N) is 1. The number of unbranched alkanes of at least 4 members (excludes halogenated alkanes) is 1. The molecule has 0 bridgehead atoms. The zero-order valence-corrected chi connectivity index (χ0v) is 17.2. The quantitative estimate of drug-likeness (QED) is 0.466. The second-order valence-electron chi connectivity index (χ2n) is 6.44. The smallest absolute Gasteiger partial charge is 0.246 e. The summed E-state index contributed by atoms with van der Waals surface area (Å²) in [6.45, 7) is 6.47. The SMILES string of the molecule is CCCCNC(=O)/C(C)=C/c1cc(C#N)cc(-c2cc(Cl)cc(Cl)c2)c1C. The lowest BCUT2D eigenvalue weighted by molar-refractivity contribution is -0.117. The molecule has 0 aliphatic rings. The van der Waals surface area contributed by atoms with Crippen molar-refractivity contribution in [1.29, 1.82) is 5.26 Å². The van der Waals surface area contributed by atoms with E-state index in [1.54, 1.807) is 19.1 Å². The number of amides is 1. The zero-order chi connectivity index (χ0) is 20.0. The summed E-state index contributed by atoms with van der Waals surface area (Å²) in [6, 6.07) is 11.1. The maximum Gasteiger partial charge on any atom is 0.246 e. The van der Waals surface area contributed by atoms with Crippen LogP contribution in [0.15, 0.2) is 35.9 Å². The Labute approximate surface area is 170 Å². The summed E-state index contributed by atoms with van der Waals surface area (Å²) < 4.78 is 0. The van der Waals surface area contributed by atoms with Crippen LogP contribution in [0.2, 0.25) is 10.0 Å². The van der Waals surface area contributed by atoms with Crippen molar-refractivity contribution in [3.63, 3.8) is 0 Å². The fourth-order valence-corrected chi connectivity index (χ4v) is 3.30. The highest BCUT2D eigenvalue weighted by molar-refractivity contribution is 6.35. The maximum absolute atomic E-state index is 12.3. The second kappa shape index (κ2) is 9.60. The van der Waals surface area contributed by atoms with Crippen molar-refractivity contribution in [3.8, 4) is 17.2 Å². The molecule has 0 radical (unpaired) electrons. The van der Waals surface area contributed by atoms with Gasteiger partial charge in [0.1, 0.15) is 0 Å². The molecule has 1 N–H and O–H groups in total. The Morgan fingerprint density at radius 1 is 1.19 bits per heavy atom. The first-order valence-electron chi connectivity index (χ1n) is 8.83. The predicted molar refractivity (Wildman–Crippen MR) is 113 cm³/mol. The Balaban J connectivity index is 2.47.